The molecule has 2 fully saturated rings. The molecule has 13 heteroatoms. The molecular formula is C31H35ClF4N6O2. The molecule has 5 rings (SSSR count). The number of likely N-dealkylation sites (tertiary alicyclic amines) is 1. The van der Waals surface area contributed by atoms with Gasteiger partial charge in [0.25, 0.3) is 5.91 Å². The largest absolute Gasteiger partial charge is 0.475 e. The Kier molecular flexibility index (Phi) is 9.01. The topological polar surface area (TPSA) is 75.9 Å². The van der Waals surface area contributed by atoms with Crippen LogP contribution in [-0.2, 0) is 23.9 Å². The summed E-state index contributed by atoms with van der Waals surface area (Å²) in [6.45, 7) is 8.88. The Labute approximate surface area is 259 Å². The smallest absolute Gasteiger partial charge is 0.419 e. The molecule has 3 atom stereocenters. The van der Waals surface area contributed by atoms with Crippen LogP contribution >= 0.6 is 11.6 Å². The van der Waals surface area contributed by atoms with Crippen molar-refractivity contribution in [3.05, 3.63) is 58.0 Å². The Hall–Kier alpha value is -3.56. The second-order valence-corrected chi connectivity index (χ2v) is 12.2. The number of nitriles is 1. The molecule has 1 unspecified atom stereocenters. The van der Waals surface area contributed by atoms with Gasteiger partial charge in [0.1, 0.15) is 18.2 Å². The highest BCUT2D eigenvalue weighted by Crippen LogP contribution is 2.44. The molecule has 0 bridgehead atoms. The Morgan fingerprint density at radius 3 is 2.50 bits per heavy atom. The van der Waals surface area contributed by atoms with E-state index in [-0.39, 0.29) is 41.3 Å². The number of pyridine rings is 1. The van der Waals surface area contributed by atoms with Crippen molar-refractivity contribution in [3.8, 4) is 11.9 Å². The third kappa shape index (κ3) is 6.04. The van der Waals surface area contributed by atoms with Crippen molar-refractivity contribution in [2.45, 2.75) is 64.0 Å². The average Bonchev–Trinajstić information content (AvgIpc) is 3.37. The van der Waals surface area contributed by atoms with Crippen LogP contribution in [0.4, 0.5) is 28.9 Å². The third-order valence-electron chi connectivity index (χ3n) is 8.81. The lowest BCUT2D eigenvalue weighted by Gasteiger charge is -2.46. The van der Waals surface area contributed by atoms with Gasteiger partial charge in [0.2, 0.25) is 5.88 Å². The second kappa shape index (κ2) is 12.4. The number of nitrogens with zero attached hydrogens (tertiary/aromatic N) is 6. The van der Waals surface area contributed by atoms with Crippen LogP contribution < -0.4 is 14.5 Å². The average molecular weight is 635 g/mol. The molecule has 8 nitrogen and oxygen atoms in total. The minimum atomic E-state index is -4.66. The van der Waals surface area contributed by atoms with E-state index in [9.17, 15) is 27.6 Å². The molecule has 1 aromatic carbocycles. The number of rotatable bonds is 6. The molecule has 3 aliphatic rings. The molecule has 0 radical (unpaired) electrons. The monoisotopic (exact) mass is 634 g/mol. The summed E-state index contributed by atoms with van der Waals surface area (Å²) in [5.41, 5.74) is 1.14. The van der Waals surface area contributed by atoms with Crippen LogP contribution in [-0.4, -0.2) is 78.7 Å². The predicted molar refractivity (Wildman–Crippen MR) is 160 cm³/mol. The maximum atomic E-state index is 14.1. The van der Waals surface area contributed by atoms with E-state index in [0.717, 1.165) is 24.9 Å². The van der Waals surface area contributed by atoms with Gasteiger partial charge in [-0.15, -0.1) is 0 Å². The summed E-state index contributed by atoms with van der Waals surface area (Å²) in [5, 5.41) is 10.0. The van der Waals surface area contributed by atoms with Gasteiger partial charge in [-0.3, -0.25) is 4.79 Å². The van der Waals surface area contributed by atoms with Gasteiger partial charge >= 0.3 is 6.18 Å². The minimum absolute atomic E-state index is 0.0424. The van der Waals surface area contributed by atoms with Gasteiger partial charge < -0.3 is 24.3 Å². The number of anilines is 2. The van der Waals surface area contributed by atoms with Gasteiger partial charge in [-0.25, -0.2) is 9.37 Å². The maximum absolute atomic E-state index is 14.1. The minimum Gasteiger partial charge on any atom is -0.475 e. The van der Waals surface area contributed by atoms with Gasteiger partial charge in [0, 0.05) is 43.3 Å². The van der Waals surface area contributed by atoms with E-state index in [1.54, 1.807) is 18.7 Å². The first-order valence-electron chi connectivity index (χ1n) is 14.6. The van der Waals surface area contributed by atoms with Crippen molar-refractivity contribution in [1.82, 2.24) is 14.8 Å². The summed E-state index contributed by atoms with van der Waals surface area (Å²) >= 11 is 6.04. The zero-order valence-corrected chi connectivity index (χ0v) is 25.7. The number of hydrogen-bond donors (Lipinski definition) is 0. The fraction of sp³-hybridized carbons (Fsp3) is 0.516. The lowest BCUT2D eigenvalue weighted by Crippen LogP contribution is -2.59. The molecule has 44 heavy (non-hydrogen) atoms. The number of carbonyl (C=O) groups is 1. The summed E-state index contributed by atoms with van der Waals surface area (Å²) in [6, 6.07) is 5.71. The number of aromatic nitrogens is 1. The number of carbonyl (C=O) groups excluding carboxylic acids is 1. The van der Waals surface area contributed by atoms with Gasteiger partial charge in [0.15, 0.2) is 5.83 Å². The molecule has 0 N–H and O–H groups in total. The van der Waals surface area contributed by atoms with Crippen LogP contribution in [0.25, 0.3) is 0 Å². The maximum Gasteiger partial charge on any atom is 0.419 e. The number of ether oxygens (including phenoxy) is 1. The molecule has 3 aliphatic heterocycles. The van der Waals surface area contributed by atoms with E-state index >= 15 is 0 Å². The first-order chi connectivity index (χ1) is 20.8. The zero-order valence-electron chi connectivity index (χ0n) is 24.9. The van der Waals surface area contributed by atoms with Crippen molar-refractivity contribution in [2.24, 2.45) is 0 Å². The van der Waals surface area contributed by atoms with Crippen molar-refractivity contribution >= 4 is 28.9 Å². The summed E-state index contributed by atoms with van der Waals surface area (Å²) in [6.07, 6.45) is -2.39. The number of amides is 1. The Morgan fingerprint density at radius 1 is 1.20 bits per heavy atom. The quantitative estimate of drug-likeness (QED) is 0.304. The number of hydrogen-bond acceptors (Lipinski definition) is 7. The summed E-state index contributed by atoms with van der Waals surface area (Å²) < 4.78 is 62.3. The van der Waals surface area contributed by atoms with Gasteiger partial charge in [-0.1, -0.05) is 24.2 Å². The summed E-state index contributed by atoms with van der Waals surface area (Å²) in [5.74, 6) is -1.69. The lowest BCUT2D eigenvalue weighted by molar-refractivity contribution is -0.137. The van der Waals surface area contributed by atoms with Crippen molar-refractivity contribution in [3.63, 3.8) is 0 Å². The van der Waals surface area contributed by atoms with E-state index < -0.39 is 35.6 Å². The normalized spacial score (nSPS) is 22.5. The fourth-order valence-electron chi connectivity index (χ4n) is 6.76. The number of benzene rings is 1. The molecular weight excluding hydrogens is 600 g/mol. The highest BCUT2D eigenvalue weighted by Gasteiger charge is 2.40. The molecule has 2 aromatic rings. The standard InChI is InChI=1S/C31H35ClF4N6O2/c1-18-14-41(15-19(2)42(18)30(43)20(3)33)28-22-10-12-40(26-9-5-8-24(32)27(26)31(34,35)36)16-25(22)38-29(23(28)13-37)44-17-21-7-6-11-39(21)4/h5,8-9,18-19,21H,3,6-7,10-12,14-17H2,1-2,4H3/t18-,19+,21?. The van der Waals surface area contributed by atoms with E-state index in [1.807, 2.05) is 11.9 Å². The molecule has 4 heterocycles. The second-order valence-electron chi connectivity index (χ2n) is 11.8. The SMILES string of the molecule is C=C(F)C(=O)N1[C@H](C)CN(c2c(C#N)c(OCC3CCCN3C)nc3c2CCN(c2cccc(Cl)c2C(F)(F)F)C3)C[C@@H]1C. The number of halogens is 5. The van der Waals surface area contributed by atoms with Crippen LogP contribution in [0.3, 0.4) is 0 Å². The van der Waals surface area contributed by atoms with E-state index in [2.05, 4.69) is 17.5 Å². The van der Waals surface area contributed by atoms with E-state index in [0.29, 0.717) is 37.5 Å². The van der Waals surface area contributed by atoms with Gasteiger partial charge in [0.05, 0.1) is 34.2 Å². The van der Waals surface area contributed by atoms with Gasteiger partial charge in [-0.2, -0.15) is 18.4 Å². The number of likely N-dealkylation sites (N-methyl/N-ethyl adjacent to an activating group) is 1. The Balaban J connectivity index is 1.56. The third-order valence-corrected chi connectivity index (χ3v) is 9.12. The molecule has 236 valence electrons. The zero-order chi connectivity index (χ0) is 31.9. The molecule has 0 spiro atoms. The number of piperazine rings is 1. The lowest BCUT2D eigenvalue weighted by atomic mass is 9.96. The summed E-state index contributed by atoms with van der Waals surface area (Å²) in [4.78, 5) is 24.5. The highest BCUT2D eigenvalue weighted by molar-refractivity contribution is 6.31. The van der Waals surface area contributed by atoms with Crippen molar-refractivity contribution in [1.29, 1.82) is 5.26 Å². The summed E-state index contributed by atoms with van der Waals surface area (Å²) in [7, 11) is 2.01. The van der Waals surface area contributed by atoms with Crippen LogP contribution in [0.15, 0.2) is 30.6 Å². The molecule has 1 amide bonds. The van der Waals surface area contributed by atoms with E-state index in [4.69, 9.17) is 21.3 Å². The predicted octanol–water partition coefficient (Wildman–Crippen LogP) is 5.57. The van der Waals surface area contributed by atoms with Crippen LogP contribution in [0, 0.1) is 11.3 Å². The Bertz CT molecular complexity index is 1480. The fourth-order valence-corrected chi connectivity index (χ4v) is 7.04. The first kappa shape index (κ1) is 31.9. The first-order valence-corrected chi connectivity index (χ1v) is 15.0. The molecule has 0 aliphatic carbocycles. The number of fused-ring (bicyclic) bond motifs is 1. The van der Waals surface area contributed by atoms with Gasteiger partial charge in [-0.05, 0) is 58.8 Å². The highest BCUT2D eigenvalue weighted by atomic mass is 35.5. The molecule has 1 aromatic heterocycles. The molecule has 0 saturated carbocycles. The van der Waals surface area contributed by atoms with Crippen LogP contribution in [0.5, 0.6) is 5.88 Å². The van der Waals surface area contributed by atoms with Crippen molar-refractivity contribution < 1.29 is 27.1 Å². The molecule has 2 saturated heterocycles. The van der Waals surface area contributed by atoms with Crippen LogP contribution in [0.2, 0.25) is 5.02 Å². The van der Waals surface area contributed by atoms with Crippen LogP contribution in [0.1, 0.15) is 49.1 Å². The Morgan fingerprint density at radius 2 is 1.91 bits per heavy atom. The van der Waals surface area contributed by atoms with Crippen molar-refractivity contribution in [2.75, 3.05) is 49.6 Å². The number of alkyl halides is 3. The van der Waals surface area contributed by atoms with E-state index in [1.165, 1.54) is 23.1 Å².